The molecule has 2 heterocycles. The van der Waals surface area contributed by atoms with Crippen molar-refractivity contribution in [2.75, 3.05) is 11.5 Å². The number of hydrogen-bond donors (Lipinski definition) is 1. The van der Waals surface area contributed by atoms with Gasteiger partial charge in [0, 0.05) is 12.2 Å². The van der Waals surface area contributed by atoms with Crippen LogP contribution in [0.25, 0.3) is 0 Å². The predicted octanol–water partition coefficient (Wildman–Crippen LogP) is 1.97. The van der Waals surface area contributed by atoms with Crippen molar-refractivity contribution in [2.45, 2.75) is 31.8 Å². The van der Waals surface area contributed by atoms with Crippen LogP contribution in [0.15, 0.2) is 12.3 Å². The van der Waals surface area contributed by atoms with Gasteiger partial charge in [0.2, 0.25) is 0 Å². The fourth-order valence-electron chi connectivity index (χ4n) is 1.92. The second-order valence-electron chi connectivity index (χ2n) is 3.83. The normalized spacial score (nSPS) is 21.0. The lowest BCUT2D eigenvalue weighted by Gasteiger charge is -2.24. The van der Waals surface area contributed by atoms with E-state index in [1.807, 2.05) is 30.9 Å². The second-order valence-corrected chi connectivity index (χ2v) is 5.06. The molecule has 2 rings (SSSR count). The summed E-state index contributed by atoms with van der Waals surface area (Å²) in [6.45, 7) is 2.02. The molecule has 2 N–H and O–H groups in total. The van der Waals surface area contributed by atoms with E-state index in [1.54, 1.807) is 0 Å². The Morgan fingerprint density at radius 1 is 1.57 bits per heavy atom. The SMILES string of the molecule is CC(N)c1ccnn1C1CCSCC1. The maximum absolute atomic E-state index is 5.90. The summed E-state index contributed by atoms with van der Waals surface area (Å²) in [6, 6.07) is 2.70. The maximum Gasteiger partial charge on any atom is 0.0551 e. The van der Waals surface area contributed by atoms with E-state index in [4.69, 9.17) is 5.73 Å². The molecule has 0 aliphatic carbocycles. The van der Waals surface area contributed by atoms with Gasteiger partial charge >= 0.3 is 0 Å². The van der Waals surface area contributed by atoms with E-state index in [0.717, 1.165) is 0 Å². The highest BCUT2D eigenvalue weighted by Crippen LogP contribution is 2.28. The first-order valence-corrected chi connectivity index (χ1v) is 6.31. The second kappa shape index (κ2) is 4.36. The first kappa shape index (κ1) is 10.1. The molecule has 0 spiro atoms. The van der Waals surface area contributed by atoms with Gasteiger partial charge < -0.3 is 5.73 Å². The van der Waals surface area contributed by atoms with Gasteiger partial charge in [-0.05, 0) is 37.3 Å². The lowest BCUT2D eigenvalue weighted by Crippen LogP contribution is -2.21. The van der Waals surface area contributed by atoms with Crippen molar-refractivity contribution in [1.29, 1.82) is 0 Å². The Morgan fingerprint density at radius 2 is 2.29 bits per heavy atom. The quantitative estimate of drug-likeness (QED) is 0.813. The number of hydrogen-bond acceptors (Lipinski definition) is 3. The molecule has 1 aromatic heterocycles. The van der Waals surface area contributed by atoms with E-state index in [9.17, 15) is 0 Å². The molecule has 1 unspecified atom stereocenters. The molecule has 0 aromatic carbocycles. The minimum Gasteiger partial charge on any atom is -0.323 e. The van der Waals surface area contributed by atoms with Crippen molar-refractivity contribution in [2.24, 2.45) is 5.73 Å². The molecule has 4 heteroatoms. The number of thioether (sulfide) groups is 1. The summed E-state index contributed by atoms with van der Waals surface area (Å²) < 4.78 is 2.13. The van der Waals surface area contributed by atoms with Crippen LogP contribution in [-0.2, 0) is 0 Å². The molecule has 0 radical (unpaired) electrons. The summed E-state index contributed by atoms with van der Waals surface area (Å²) >= 11 is 2.04. The van der Waals surface area contributed by atoms with Gasteiger partial charge in [0.05, 0.1) is 11.7 Å². The third kappa shape index (κ3) is 1.96. The lowest BCUT2D eigenvalue weighted by molar-refractivity contribution is 0.405. The number of aromatic nitrogens is 2. The number of nitrogens with two attached hydrogens (primary N) is 1. The van der Waals surface area contributed by atoms with Crippen LogP contribution in [0.3, 0.4) is 0 Å². The van der Waals surface area contributed by atoms with Crippen LogP contribution in [0.1, 0.15) is 37.5 Å². The smallest absolute Gasteiger partial charge is 0.0551 e. The van der Waals surface area contributed by atoms with Crippen molar-refractivity contribution < 1.29 is 0 Å². The van der Waals surface area contributed by atoms with E-state index in [2.05, 4.69) is 9.78 Å². The Bertz CT molecular complexity index is 289. The van der Waals surface area contributed by atoms with Gasteiger partial charge in [-0.2, -0.15) is 16.9 Å². The summed E-state index contributed by atoms with van der Waals surface area (Å²) in [6.07, 6.45) is 4.32. The van der Waals surface area contributed by atoms with Gasteiger partial charge in [-0.1, -0.05) is 0 Å². The van der Waals surface area contributed by atoms with E-state index in [1.165, 1.54) is 30.0 Å². The van der Waals surface area contributed by atoms with Crippen LogP contribution in [0.4, 0.5) is 0 Å². The van der Waals surface area contributed by atoms with E-state index in [-0.39, 0.29) is 6.04 Å². The molecule has 1 aromatic rings. The highest BCUT2D eigenvalue weighted by atomic mass is 32.2. The molecule has 3 nitrogen and oxygen atoms in total. The highest BCUT2D eigenvalue weighted by molar-refractivity contribution is 7.99. The summed E-state index contributed by atoms with van der Waals surface area (Å²) in [4.78, 5) is 0. The Kier molecular flexibility index (Phi) is 3.13. The minimum absolute atomic E-state index is 0.0899. The average Bonchev–Trinajstić information content (AvgIpc) is 2.67. The van der Waals surface area contributed by atoms with Crippen molar-refractivity contribution in [3.63, 3.8) is 0 Å². The van der Waals surface area contributed by atoms with Gasteiger partial charge in [0.25, 0.3) is 0 Å². The molecule has 1 atom stereocenters. The summed E-state index contributed by atoms with van der Waals surface area (Å²) in [5.74, 6) is 2.51. The third-order valence-electron chi connectivity index (χ3n) is 2.70. The minimum atomic E-state index is 0.0899. The van der Waals surface area contributed by atoms with Crippen molar-refractivity contribution in [1.82, 2.24) is 9.78 Å². The molecule has 0 bridgehead atoms. The monoisotopic (exact) mass is 211 g/mol. The highest BCUT2D eigenvalue weighted by Gasteiger charge is 2.19. The summed E-state index contributed by atoms with van der Waals surface area (Å²) in [5, 5.41) is 4.39. The van der Waals surface area contributed by atoms with Crippen LogP contribution in [0.5, 0.6) is 0 Å². The van der Waals surface area contributed by atoms with Gasteiger partial charge in [-0.25, -0.2) is 0 Å². The molecule has 78 valence electrons. The van der Waals surface area contributed by atoms with Crippen LogP contribution in [-0.4, -0.2) is 21.3 Å². The Balaban J connectivity index is 2.17. The van der Waals surface area contributed by atoms with Gasteiger partial charge in [-0.15, -0.1) is 0 Å². The molecule has 0 amide bonds. The predicted molar refractivity (Wildman–Crippen MR) is 60.4 cm³/mol. The Hall–Kier alpha value is -0.480. The fraction of sp³-hybridized carbons (Fsp3) is 0.700. The average molecular weight is 211 g/mol. The third-order valence-corrected chi connectivity index (χ3v) is 3.75. The summed E-state index contributed by atoms with van der Waals surface area (Å²) in [5.41, 5.74) is 7.07. The zero-order chi connectivity index (χ0) is 9.97. The van der Waals surface area contributed by atoms with Crippen molar-refractivity contribution in [3.8, 4) is 0 Å². The molecule has 1 aliphatic rings. The molecular formula is C10H17N3S. The van der Waals surface area contributed by atoms with Crippen LogP contribution < -0.4 is 5.73 Å². The van der Waals surface area contributed by atoms with Gasteiger partial charge in [0.15, 0.2) is 0 Å². The van der Waals surface area contributed by atoms with Crippen LogP contribution >= 0.6 is 11.8 Å². The Morgan fingerprint density at radius 3 is 2.93 bits per heavy atom. The maximum atomic E-state index is 5.90. The lowest BCUT2D eigenvalue weighted by atomic mass is 10.1. The molecule has 1 fully saturated rings. The number of nitrogens with zero attached hydrogens (tertiary/aromatic N) is 2. The molecule has 0 saturated carbocycles. The molecule has 1 saturated heterocycles. The van der Waals surface area contributed by atoms with Crippen molar-refractivity contribution >= 4 is 11.8 Å². The van der Waals surface area contributed by atoms with E-state index in [0.29, 0.717) is 6.04 Å². The number of rotatable bonds is 2. The molecule has 14 heavy (non-hydrogen) atoms. The van der Waals surface area contributed by atoms with E-state index >= 15 is 0 Å². The fourth-order valence-corrected chi connectivity index (χ4v) is 3.00. The largest absolute Gasteiger partial charge is 0.323 e. The van der Waals surface area contributed by atoms with E-state index < -0.39 is 0 Å². The molecule has 1 aliphatic heterocycles. The van der Waals surface area contributed by atoms with Crippen molar-refractivity contribution in [3.05, 3.63) is 18.0 Å². The topological polar surface area (TPSA) is 43.8 Å². The first-order valence-electron chi connectivity index (χ1n) is 5.16. The van der Waals surface area contributed by atoms with Gasteiger partial charge in [0.1, 0.15) is 0 Å². The standard InChI is InChI=1S/C10H17N3S/c1-8(11)10-2-5-12-13(10)9-3-6-14-7-4-9/h2,5,8-9H,3-4,6-7,11H2,1H3. The van der Waals surface area contributed by atoms with Crippen LogP contribution in [0.2, 0.25) is 0 Å². The first-order chi connectivity index (χ1) is 6.79. The summed E-state index contributed by atoms with van der Waals surface area (Å²) in [7, 11) is 0. The Labute approximate surface area is 89.1 Å². The van der Waals surface area contributed by atoms with Gasteiger partial charge in [-0.3, -0.25) is 4.68 Å². The zero-order valence-electron chi connectivity index (χ0n) is 8.52. The molecular weight excluding hydrogens is 194 g/mol. The zero-order valence-corrected chi connectivity index (χ0v) is 9.33. The van der Waals surface area contributed by atoms with Crippen LogP contribution in [0, 0.1) is 0 Å².